The lowest BCUT2D eigenvalue weighted by Gasteiger charge is -2.01. The van der Waals surface area contributed by atoms with Gasteiger partial charge in [-0.25, -0.2) is 14.3 Å². The van der Waals surface area contributed by atoms with Crippen molar-refractivity contribution in [1.82, 2.24) is 14.1 Å². The molecule has 1 aromatic carbocycles. The van der Waals surface area contributed by atoms with Crippen LogP contribution in [0.5, 0.6) is 0 Å². The second kappa shape index (κ2) is 4.10. The van der Waals surface area contributed by atoms with Gasteiger partial charge in [-0.05, 0) is 30.3 Å². The largest absolute Gasteiger partial charge is 0.334 e. The van der Waals surface area contributed by atoms with E-state index in [4.69, 9.17) is 0 Å². The van der Waals surface area contributed by atoms with Gasteiger partial charge in [0.2, 0.25) is 0 Å². The van der Waals surface area contributed by atoms with Crippen LogP contribution in [-0.4, -0.2) is 14.1 Å². The van der Waals surface area contributed by atoms with Gasteiger partial charge in [-0.15, -0.1) is 0 Å². The number of imidazole rings is 1. The summed E-state index contributed by atoms with van der Waals surface area (Å²) in [6.07, 6.45) is 1.68. The summed E-state index contributed by atoms with van der Waals surface area (Å²) in [7, 11) is 1.76. The summed E-state index contributed by atoms with van der Waals surface area (Å²) in [4.78, 5) is 16.5. The molecule has 5 heteroatoms. The summed E-state index contributed by atoms with van der Waals surface area (Å²) in [5.41, 5.74) is 1.63. The molecule has 2 aromatic heterocycles. The molecule has 0 amide bonds. The van der Waals surface area contributed by atoms with Crippen LogP contribution in [0.3, 0.4) is 0 Å². The highest BCUT2D eigenvalue weighted by atomic mass is 79.9. The van der Waals surface area contributed by atoms with Crippen molar-refractivity contribution in [2.75, 3.05) is 0 Å². The lowest BCUT2D eigenvalue weighted by molar-refractivity contribution is 0.834. The van der Waals surface area contributed by atoms with Gasteiger partial charge in [0.1, 0.15) is 5.82 Å². The Labute approximate surface area is 112 Å². The molecule has 4 nitrogen and oxygen atoms in total. The Morgan fingerprint density at radius 1 is 1.17 bits per heavy atom. The Balaban J connectivity index is 2.44. The molecule has 0 atom stereocenters. The number of nitrogens with zero attached hydrogens (tertiary/aromatic N) is 3. The van der Waals surface area contributed by atoms with Crippen molar-refractivity contribution in [3.63, 3.8) is 0 Å². The third-order valence-corrected chi connectivity index (χ3v) is 3.39. The molecule has 2 heterocycles. The van der Waals surface area contributed by atoms with E-state index in [1.807, 2.05) is 36.4 Å². The van der Waals surface area contributed by atoms with E-state index in [2.05, 4.69) is 20.9 Å². The van der Waals surface area contributed by atoms with E-state index in [1.54, 1.807) is 22.4 Å². The molecule has 0 N–H and O–H groups in total. The van der Waals surface area contributed by atoms with Crippen LogP contribution in [-0.2, 0) is 7.05 Å². The molecule has 0 aliphatic rings. The molecule has 0 aliphatic carbocycles. The number of aryl methyl sites for hydroxylation is 1. The molecule has 18 heavy (non-hydrogen) atoms. The van der Waals surface area contributed by atoms with Crippen molar-refractivity contribution in [2.45, 2.75) is 0 Å². The van der Waals surface area contributed by atoms with Gasteiger partial charge in [-0.2, -0.15) is 0 Å². The van der Waals surface area contributed by atoms with E-state index in [0.29, 0.717) is 5.82 Å². The fourth-order valence-electron chi connectivity index (χ4n) is 2.02. The molecule has 90 valence electrons. The van der Waals surface area contributed by atoms with Crippen molar-refractivity contribution in [1.29, 1.82) is 0 Å². The lowest BCUT2D eigenvalue weighted by Crippen LogP contribution is -2.21. The molecule has 0 fully saturated rings. The van der Waals surface area contributed by atoms with Crippen LogP contribution >= 0.6 is 15.9 Å². The predicted octanol–water partition coefficient (Wildman–Crippen LogP) is 2.49. The Morgan fingerprint density at radius 3 is 2.72 bits per heavy atom. The topological polar surface area (TPSA) is 39.8 Å². The van der Waals surface area contributed by atoms with Crippen molar-refractivity contribution in [3.05, 3.63) is 57.6 Å². The maximum Gasteiger partial charge on any atom is 0.334 e. The lowest BCUT2D eigenvalue weighted by atomic mass is 10.3. The summed E-state index contributed by atoms with van der Waals surface area (Å²) in [5, 5.41) is 0. The molecular weight excluding hydrogens is 294 g/mol. The number of fused-ring (bicyclic) bond motifs is 1. The number of aromatic nitrogens is 3. The molecule has 0 unspecified atom stereocenters. The summed E-state index contributed by atoms with van der Waals surface area (Å²) in [5.74, 6) is 0.635. The van der Waals surface area contributed by atoms with Gasteiger partial charge < -0.3 is 0 Å². The second-order valence-corrected chi connectivity index (χ2v) is 4.91. The maximum atomic E-state index is 12.3. The Bertz CT molecular complexity index is 774. The fraction of sp³-hybridized carbons (Fsp3) is 0.0769. The Morgan fingerprint density at radius 2 is 2.00 bits per heavy atom. The zero-order chi connectivity index (χ0) is 12.7. The first-order valence-electron chi connectivity index (χ1n) is 5.47. The van der Waals surface area contributed by atoms with Crippen LogP contribution in [0.25, 0.3) is 16.9 Å². The zero-order valence-corrected chi connectivity index (χ0v) is 11.3. The minimum Gasteiger partial charge on any atom is -0.295 e. The standard InChI is InChI=1S/C13H10BrN3O/c1-16-11-8-9(14)5-6-10(11)17(13(16)18)12-4-2-3-7-15-12/h2-8H,1H3. The highest BCUT2D eigenvalue weighted by molar-refractivity contribution is 9.10. The molecular formula is C13H10BrN3O. The first kappa shape index (κ1) is 11.2. The van der Waals surface area contributed by atoms with E-state index < -0.39 is 0 Å². The number of rotatable bonds is 1. The monoisotopic (exact) mass is 303 g/mol. The molecule has 3 rings (SSSR count). The summed E-state index contributed by atoms with van der Waals surface area (Å²) >= 11 is 3.42. The molecule has 0 saturated carbocycles. The average Bonchev–Trinajstić information content (AvgIpc) is 2.64. The number of hydrogen-bond donors (Lipinski definition) is 0. The van der Waals surface area contributed by atoms with Crippen LogP contribution in [0.4, 0.5) is 0 Å². The van der Waals surface area contributed by atoms with Crippen LogP contribution < -0.4 is 5.69 Å². The van der Waals surface area contributed by atoms with E-state index in [9.17, 15) is 4.79 Å². The zero-order valence-electron chi connectivity index (χ0n) is 9.67. The van der Waals surface area contributed by atoms with E-state index in [0.717, 1.165) is 15.5 Å². The minimum absolute atomic E-state index is 0.0956. The molecule has 0 aliphatic heterocycles. The normalized spacial score (nSPS) is 11.0. The van der Waals surface area contributed by atoms with Crippen molar-refractivity contribution < 1.29 is 0 Å². The van der Waals surface area contributed by atoms with Crippen molar-refractivity contribution in [2.24, 2.45) is 7.05 Å². The van der Waals surface area contributed by atoms with E-state index in [1.165, 1.54) is 0 Å². The number of halogens is 1. The quantitative estimate of drug-likeness (QED) is 0.693. The minimum atomic E-state index is -0.0956. The molecule has 0 spiro atoms. The summed E-state index contributed by atoms with van der Waals surface area (Å²) in [6, 6.07) is 11.3. The van der Waals surface area contributed by atoms with Gasteiger partial charge in [0.15, 0.2) is 0 Å². The number of pyridine rings is 1. The average molecular weight is 304 g/mol. The van der Waals surface area contributed by atoms with E-state index >= 15 is 0 Å². The summed E-state index contributed by atoms with van der Waals surface area (Å²) < 4.78 is 4.18. The molecule has 0 radical (unpaired) electrons. The smallest absolute Gasteiger partial charge is 0.295 e. The second-order valence-electron chi connectivity index (χ2n) is 4.00. The van der Waals surface area contributed by atoms with Crippen molar-refractivity contribution in [3.8, 4) is 5.82 Å². The molecule has 0 bridgehead atoms. The van der Waals surface area contributed by atoms with Crippen LogP contribution in [0.2, 0.25) is 0 Å². The first-order chi connectivity index (χ1) is 8.68. The highest BCUT2D eigenvalue weighted by Gasteiger charge is 2.12. The third-order valence-electron chi connectivity index (χ3n) is 2.90. The summed E-state index contributed by atoms with van der Waals surface area (Å²) in [6.45, 7) is 0. The molecule has 3 aromatic rings. The van der Waals surface area contributed by atoms with Crippen LogP contribution in [0.15, 0.2) is 51.9 Å². The van der Waals surface area contributed by atoms with Gasteiger partial charge in [-0.1, -0.05) is 22.0 Å². The molecule has 0 saturated heterocycles. The SMILES string of the molecule is Cn1c(=O)n(-c2ccccn2)c2ccc(Br)cc21. The predicted molar refractivity (Wildman–Crippen MR) is 74.0 cm³/mol. The van der Waals surface area contributed by atoms with Crippen LogP contribution in [0, 0.1) is 0 Å². The van der Waals surface area contributed by atoms with Gasteiger partial charge in [0.25, 0.3) is 0 Å². The Hall–Kier alpha value is -1.88. The Kier molecular flexibility index (Phi) is 2.56. The number of benzene rings is 1. The van der Waals surface area contributed by atoms with Crippen molar-refractivity contribution >= 4 is 27.0 Å². The van der Waals surface area contributed by atoms with E-state index in [-0.39, 0.29) is 5.69 Å². The number of hydrogen-bond acceptors (Lipinski definition) is 2. The van der Waals surface area contributed by atoms with Gasteiger partial charge in [0, 0.05) is 17.7 Å². The van der Waals surface area contributed by atoms with Gasteiger partial charge in [0.05, 0.1) is 11.0 Å². The van der Waals surface area contributed by atoms with Crippen LogP contribution in [0.1, 0.15) is 0 Å². The maximum absolute atomic E-state index is 12.3. The fourth-order valence-corrected chi connectivity index (χ4v) is 2.37. The third kappa shape index (κ3) is 1.59. The highest BCUT2D eigenvalue weighted by Crippen LogP contribution is 2.20. The first-order valence-corrected chi connectivity index (χ1v) is 6.26. The van der Waals surface area contributed by atoms with Gasteiger partial charge >= 0.3 is 5.69 Å². The van der Waals surface area contributed by atoms with Gasteiger partial charge in [-0.3, -0.25) is 4.57 Å².